The molecule has 2 aromatic carbocycles. The maximum atomic E-state index is 13.2. The number of carbonyl (C=O) groups is 1. The molecule has 0 saturated carbocycles. The number of nitrogens with one attached hydrogen (secondary N) is 1. The third-order valence-corrected chi connectivity index (χ3v) is 3.26. The third-order valence-electron chi connectivity index (χ3n) is 3.26. The Hall–Kier alpha value is -2.83. The van der Waals surface area contributed by atoms with Crippen LogP contribution in [0.15, 0.2) is 41.4 Å². The van der Waals surface area contributed by atoms with Crippen molar-refractivity contribution in [1.29, 1.82) is 0 Å². The van der Waals surface area contributed by atoms with Gasteiger partial charge in [-0.1, -0.05) is 18.2 Å². The van der Waals surface area contributed by atoms with Crippen molar-refractivity contribution in [3.05, 3.63) is 47.5 Å². The number of hydrogen-bond donors (Lipinski definition) is 2. The number of phenols is 1. The van der Waals surface area contributed by atoms with Gasteiger partial charge in [0.15, 0.2) is 0 Å². The van der Waals surface area contributed by atoms with Gasteiger partial charge in [0.25, 0.3) is 0 Å². The summed E-state index contributed by atoms with van der Waals surface area (Å²) in [4.78, 5) is 14.5. The summed E-state index contributed by atoms with van der Waals surface area (Å²) < 4.78 is 39.5. The summed E-state index contributed by atoms with van der Waals surface area (Å²) in [6, 6.07) is 6.80. The van der Waals surface area contributed by atoms with Gasteiger partial charge in [-0.3, -0.25) is 0 Å². The Labute approximate surface area is 130 Å². The molecule has 0 radical (unpaired) electrons. The van der Waals surface area contributed by atoms with E-state index in [1.54, 1.807) is 13.0 Å². The Balaban J connectivity index is 2.62. The Morgan fingerprint density at radius 3 is 2.57 bits per heavy atom. The van der Waals surface area contributed by atoms with Crippen molar-refractivity contribution in [2.75, 3.05) is 5.32 Å². The number of aliphatic imine (C=N–C) groups is 1. The summed E-state index contributed by atoms with van der Waals surface area (Å²) in [7, 11) is 0. The molecule has 0 fully saturated rings. The number of urea groups is 1. The molecule has 120 valence electrons. The molecule has 0 bridgehead atoms. The zero-order valence-corrected chi connectivity index (χ0v) is 12.1. The lowest BCUT2D eigenvalue weighted by molar-refractivity contribution is -0.137. The van der Waals surface area contributed by atoms with Crippen molar-refractivity contribution >= 4 is 18.4 Å². The van der Waals surface area contributed by atoms with Crippen LogP contribution in [0, 0.1) is 6.92 Å². The van der Waals surface area contributed by atoms with Crippen LogP contribution in [0.4, 0.5) is 23.7 Å². The zero-order valence-electron chi connectivity index (χ0n) is 12.1. The number of alkyl halides is 3. The Morgan fingerprint density at radius 1 is 1.26 bits per heavy atom. The molecule has 7 heteroatoms. The number of hydrogen-bond acceptors (Lipinski definition) is 2. The largest absolute Gasteiger partial charge is 0.507 e. The van der Waals surface area contributed by atoms with Crippen LogP contribution in [0.2, 0.25) is 0 Å². The first-order chi connectivity index (χ1) is 10.7. The molecule has 0 aliphatic carbocycles. The van der Waals surface area contributed by atoms with Gasteiger partial charge in [0.05, 0.1) is 5.56 Å². The molecule has 0 heterocycles. The number of anilines is 1. The third kappa shape index (κ3) is 3.50. The highest BCUT2D eigenvalue weighted by atomic mass is 19.4. The van der Waals surface area contributed by atoms with E-state index in [1.807, 2.05) is 0 Å². The van der Waals surface area contributed by atoms with Crippen LogP contribution in [0.25, 0.3) is 11.1 Å². The minimum absolute atomic E-state index is 0.125. The number of phenolic OH excluding ortho intramolecular Hbond substituents is 1. The van der Waals surface area contributed by atoms with Crippen LogP contribution in [-0.4, -0.2) is 17.9 Å². The fourth-order valence-corrected chi connectivity index (χ4v) is 2.15. The van der Waals surface area contributed by atoms with Crippen LogP contribution < -0.4 is 5.32 Å². The summed E-state index contributed by atoms with van der Waals surface area (Å²) in [6.45, 7) is 4.76. The van der Waals surface area contributed by atoms with E-state index in [2.05, 4.69) is 17.0 Å². The van der Waals surface area contributed by atoms with Crippen LogP contribution in [0.5, 0.6) is 5.75 Å². The molecule has 0 aromatic heterocycles. The summed E-state index contributed by atoms with van der Waals surface area (Å²) in [5.41, 5.74) is -0.256. The molecular weight excluding hydrogens is 309 g/mol. The first kappa shape index (κ1) is 16.5. The molecule has 0 unspecified atom stereocenters. The van der Waals surface area contributed by atoms with Gasteiger partial charge in [-0.15, -0.1) is 0 Å². The fourth-order valence-electron chi connectivity index (χ4n) is 2.15. The topological polar surface area (TPSA) is 61.7 Å². The van der Waals surface area contributed by atoms with E-state index in [9.17, 15) is 23.1 Å². The minimum atomic E-state index is -4.62. The van der Waals surface area contributed by atoms with E-state index in [1.165, 1.54) is 18.2 Å². The second-order valence-corrected chi connectivity index (χ2v) is 4.82. The van der Waals surface area contributed by atoms with Crippen molar-refractivity contribution in [2.24, 2.45) is 4.99 Å². The van der Waals surface area contributed by atoms with Gasteiger partial charge < -0.3 is 10.4 Å². The first-order valence-corrected chi connectivity index (χ1v) is 6.52. The van der Waals surface area contributed by atoms with Crippen LogP contribution in [0.1, 0.15) is 11.1 Å². The maximum Gasteiger partial charge on any atom is 0.417 e. The first-order valence-electron chi connectivity index (χ1n) is 6.52. The van der Waals surface area contributed by atoms with E-state index < -0.39 is 23.5 Å². The van der Waals surface area contributed by atoms with Gasteiger partial charge in [-0.25, -0.2) is 9.79 Å². The smallest absolute Gasteiger partial charge is 0.417 e. The number of aryl methyl sites for hydroxylation is 1. The molecule has 0 aliphatic rings. The highest BCUT2D eigenvalue weighted by molar-refractivity contribution is 5.94. The molecular formula is C16H13F3N2O2. The van der Waals surface area contributed by atoms with Gasteiger partial charge in [-0.2, -0.15) is 13.2 Å². The van der Waals surface area contributed by atoms with Gasteiger partial charge in [0, 0.05) is 11.3 Å². The van der Waals surface area contributed by atoms with Crippen molar-refractivity contribution in [1.82, 2.24) is 0 Å². The van der Waals surface area contributed by atoms with E-state index >= 15 is 0 Å². The lowest BCUT2D eigenvalue weighted by Crippen LogP contribution is -2.09. The predicted octanol–water partition coefficient (Wildman–Crippen LogP) is 4.62. The molecule has 0 atom stereocenters. The number of halogens is 3. The molecule has 2 aromatic rings. The van der Waals surface area contributed by atoms with Gasteiger partial charge in [-0.05, 0) is 43.0 Å². The summed E-state index contributed by atoms with van der Waals surface area (Å²) in [5, 5.41) is 12.3. The standard InChI is InChI=1S/C16H13F3N2O2/c1-9-6-7-10(8-12(9)21-15(23)20-2)14-11(16(17,18)19)4-3-5-13(14)22/h3-8,22H,2H2,1H3,(H,21,23). The average Bonchev–Trinajstić information content (AvgIpc) is 2.48. The molecule has 0 spiro atoms. The second kappa shape index (κ2) is 6.12. The van der Waals surface area contributed by atoms with Crippen LogP contribution in [-0.2, 0) is 6.18 Å². The maximum absolute atomic E-state index is 13.2. The molecule has 2 amide bonds. The number of amides is 2. The lowest BCUT2D eigenvalue weighted by atomic mass is 9.96. The molecule has 2 rings (SSSR count). The Morgan fingerprint density at radius 2 is 1.96 bits per heavy atom. The highest BCUT2D eigenvalue weighted by Crippen LogP contribution is 2.42. The van der Waals surface area contributed by atoms with Crippen LogP contribution in [0.3, 0.4) is 0 Å². The number of aromatic hydroxyl groups is 1. The predicted molar refractivity (Wildman–Crippen MR) is 81.8 cm³/mol. The van der Waals surface area contributed by atoms with Gasteiger partial charge in [0.1, 0.15) is 5.75 Å². The number of carbonyl (C=O) groups excluding carboxylic acids is 1. The quantitative estimate of drug-likeness (QED) is 0.793. The Kier molecular flexibility index (Phi) is 4.40. The van der Waals surface area contributed by atoms with Gasteiger partial charge >= 0.3 is 12.2 Å². The zero-order chi connectivity index (χ0) is 17.2. The normalized spacial score (nSPS) is 11.1. The minimum Gasteiger partial charge on any atom is -0.507 e. The Bertz CT molecular complexity index is 770. The second-order valence-electron chi connectivity index (χ2n) is 4.82. The highest BCUT2D eigenvalue weighted by Gasteiger charge is 2.34. The van der Waals surface area contributed by atoms with Gasteiger partial charge in [0.2, 0.25) is 0 Å². The van der Waals surface area contributed by atoms with Crippen molar-refractivity contribution in [3.8, 4) is 16.9 Å². The number of nitrogens with zero attached hydrogens (tertiary/aromatic N) is 1. The van der Waals surface area contributed by atoms with Crippen molar-refractivity contribution in [2.45, 2.75) is 13.1 Å². The SMILES string of the molecule is C=NC(=O)Nc1cc(-c2c(O)cccc2C(F)(F)F)ccc1C. The summed E-state index contributed by atoms with van der Waals surface area (Å²) in [6.07, 6.45) is -4.62. The molecule has 0 saturated heterocycles. The lowest BCUT2D eigenvalue weighted by Gasteiger charge is -2.16. The monoisotopic (exact) mass is 322 g/mol. The van der Waals surface area contributed by atoms with E-state index in [0.29, 0.717) is 5.56 Å². The van der Waals surface area contributed by atoms with E-state index in [-0.39, 0.29) is 16.8 Å². The summed E-state index contributed by atoms with van der Waals surface area (Å²) in [5.74, 6) is -0.497. The summed E-state index contributed by atoms with van der Waals surface area (Å²) >= 11 is 0. The molecule has 0 aliphatic heterocycles. The van der Waals surface area contributed by atoms with Crippen molar-refractivity contribution < 1.29 is 23.1 Å². The number of benzene rings is 2. The average molecular weight is 322 g/mol. The van der Waals surface area contributed by atoms with Crippen LogP contribution >= 0.6 is 0 Å². The van der Waals surface area contributed by atoms with E-state index in [4.69, 9.17) is 0 Å². The molecule has 4 nitrogen and oxygen atoms in total. The van der Waals surface area contributed by atoms with E-state index in [0.717, 1.165) is 12.1 Å². The molecule has 2 N–H and O–H groups in total. The van der Waals surface area contributed by atoms with Crippen molar-refractivity contribution in [3.63, 3.8) is 0 Å². The fraction of sp³-hybridized carbons (Fsp3) is 0.125. The molecule has 23 heavy (non-hydrogen) atoms. The number of rotatable bonds is 2.